The van der Waals surface area contributed by atoms with Gasteiger partial charge in [0.15, 0.2) is 0 Å². The normalized spacial score (nSPS) is 11.9. The van der Waals surface area contributed by atoms with Crippen molar-refractivity contribution in [3.63, 3.8) is 0 Å². The summed E-state index contributed by atoms with van der Waals surface area (Å²) in [6.45, 7) is 2.00. The second-order valence-electron chi connectivity index (χ2n) is 4.33. The van der Waals surface area contributed by atoms with Crippen molar-refractivity contribution >= 4 is 22.9 Å². The average molecular weight is 274 g/mol. The summed E-state index contributed by atoms with van der Waals surface area (Å²) in [5.74, 6) is -0.237. The summed E-state index contributed by atoms with van der Waals surface area (Å²) in [5.41, 5.74) is 8.38. The zero-order valence-corrected chi connectivity index (χ0v) is 11.4. The fourth-order valence-corrected chi connectivity index (χ4v) is 2.07. The van der Waals surface area contributed by atoms with Crippen LogP contribution in [0.4, 0.5) is 10.1 Å². The highest BCUT2D eigenvalue weighted by Crippen LogP contribution is 2.22. The molecule has 0 bridgehead atoms. The number of para-hydroxylation sites is 1. The van der Waals surface area contributed by atoms with E-state index in [1.807, 2.05) is 31.2 Å². The van der Waals surface area contributed by atoms with Crippen LogP contribution in [0.1, 0.15) is 24.1 Å². The van der Waals surface area contributed by atoms with Gasteiger partial charge in [0.25, 0.3) is 0 Å². The molecule has 0 amide bonds. The number of anilines is 1. The first-order valence-corrected chi connectivity index (χ1v) is 6.39. The summed E-state index contributed by atoms with van der Waals surface area (Å²) in [7, 11) is 0. The van der Waals surface area contributed by atoms with Crippen LogP contribution in [0, 0.1) is 5.82 Å². The van der Waals surface area contributed by atoms with Crippen molar-refractivity contribution in [3.8, 4) is 0 Å². The van der Waals surface area contributed by atoms with Gasteiger partial charge in [-0.15, -0.1) is 0 Å². The minimum atomic E-state index is -0.237. The van der Waals surface area contributed by atoms with Crippen molar-refractivity contribution in [2.75, 3.05) is 5.32 Å². The zero-order chi connectivity index (χ0) is 13.8. The Kier molecular flexibility index (Phi) is 4.12. The third kappa shape index (κ3) is 3.29. The lowest BCUT2D eigenvalue weighted by Gasteiger charge is -2.18. The average Bonchev–Trinajstić information content (AvgIpc) is 2.39. The predicted molar refractivity (Wildman–Crippen MR) is 80.8 cm³/mol. The van der Waals surface area contributed by atoms with Crippen LogP contribution >= 0.6 is 12.2 Å². The van der Waals surface area contributed by atoms with Crippen molar-refractivity contribution in [3.05, 3.63) is 65.5 Å². The molecule has 1 unspecified atom stereocenters. The zero-order valence-electron chi connectivity index (χ0n) is 10.6. The molecule has 0 saturated carbocycles. The molecule has 0 aliphatic carbocycles. The van der Waals surface area contributed by atoms with E-state index in [1.54, 1.807) is 12.1 Å². The van der Waals surface area contributed by atoms with Gasteiger partial charge in [-0.3, -0.25) is 0 Å². The molecule has 98 valence electrons. The van der Waals surface area contributed by atoms with Crippen molar-refractivity contribution in [1.82, 2.24) is 0 Å². The first-order valence-electron chi connectivity index (χ1n) is 5.99. The quantitative estimate of drug-likeness (QED) is 0.836. The lowest BCUT2D eigenvalue weighted by atomic mass is 10.1. The molecule has 0 aliphatic heterocycles. The highest BCUT2D eigenvalue weighted by Gasteiger charge is 2.09. The van der Waals surface area contributed by atoms with Crippen LogP contribution < -0.4 is 11.1 Å². The van der Waals surface area contributed by atoms with Crippen LogP contribution in [0.3, 0.4) is 0 Å². The van der Waals surface area contributed by atoms with E-state index in [1.165, 1.54) is 12.1 Å². The van der Waals surface area contributed by atoms with Crippen molar-refractivity contribution in [1.29, 1.82) is 0 Å². The Hall–Kier alpha value is -1.94. The third-order valence-electron chi connectivity index (χ3n) is 2.93. The molecule has 2 aromatic rings. The summed E-state index contributed by atoms with van der Waals surface area (Å²) in [5, 5.41) is 3.34. The summed E-state index contributed by atoms with van der Waals surface area (Å²) >= 11 is 5.02. The molecule has 0 fully saturated rings. The number of rotatable bonds is 4. The minimum Gasteiger partial charge on any atom is -0.389 e. The Labute approximate surface area is 117 Å². The van der Waals surface area contributed by atoms with E-state index < -0.39 is 0 Å². The molecule has 2 aromatic carbocycles. The number of thiocarbonyl (C=S) groups is 1. The largest absolute Gasteiger partial charge is 0.389 e. The van der Waals surface area contributed by atoms with E-state index in [4.69, 9.17) is 18.0 Å². The summed E-state index contributed by atoms with van der Waals surface area (Å²) in [4.78, 5) is 0.356. The van der Waals surface area contributed by atoms with E-state index in [-0.39, 0.29) is 11.9 Å². The molecule has 2 nitrogen and oxygen atoms in total. The van der Waals surface area contributed by atoms with E-state index in [0.717, 1.165) is 16.8 Å². The fourth-order valence-electron chi connectivity index (χ4n) is 1.89. The van der Waals surface area contributed by atoms with E-state index >= 15 is 0 Å². The second-order valence-corrected chi connectivity index (χ2v) is 4.77. The summed E-state index contributed by atoms with van der Waals surface area (Å²) in [6.07, 6.45) is 0. The van der Waals surface area contributed by atoms with Crippen molar-refractivity contribution in [2.24, 2.45) is 5.73 Å². The number of hydrogen-bond acceptors (Lipinski definition) is 2. The lowest BCUT2D eigenvalue weighted by molar-refractivity contribution is 0.626. The maximum absolute atomic E-state index is 12.9. The minimum absolute atomic E-state index is 0.0381. The lowest BCUT2D eigenvalue weighted by Crippen LogP contribution is -2.15. The van der Waals surface area contributed by atoms with Gasteiger partial charge >= 0.3 is 0 Å². The third-order valence-corrected chi connectivity index (χ3v) is 3.15. The Morgan fingerprint density at radius 2 is 1.79 bits per heavy atom. The topological polar surface area (TPSA) is 38.0 Å². The molecule has 3 N–H and O–H groups in total. The highest BCUT2D eigenvalue weighted by atomic mass is 32.1. The van der Waals surface area contributed by atoms with Gasteiger partial charge in [0, 0.05) is 17.3 Å². The van der Waals surface area contributed by atoms with Gasteiger partial charge in [-0.2, -0.15) is 0 Å². The maximum Gasteiger partial charge on any atom is 0.123 e. The molecule has 1 atom stereocenters. The first-order chi connectivity index (χ1) is 9.08. The van der Waals surface area contributed by atoms with Gasteiger partial charge in [0.2, 0.25) is 0 Å². The van der Waals surface area contributed by atoms with Crippen LogP contribution in [0.5, 0.6) is 0 Å². The molecule has 2 rings (SSSR count). The molecule has 0 aromatic heterocycles. The van der Waals surface area contributed by atoms with Gasteiger partial charge in [-0.25, -0.2) is 4.39 Å². The number of nitrogens with one attached hydrogen (secondary N) is 1. The first kappa shape index (κ1) is 13.5. The molecule has 4 heteroatoms. The number of nitrogens with two attached hydrogens (primary N) is 1. The summed E-state index contributed by atoms with van der Waals surface area (Å²) < 4.78 is 12.9. The van der Waals surface area contributed by atoms with Crippen LogP contribution in [-0.2, 0) is 0 Å². The molecular weight excluding hydrogens is 259 g/mol. The maximum atomic E-state index is 12.9. The molecular formula is C15H15FN2S. The Bertz CT molecular complexity index is 581. The smallest absolute Gasteiger partial charge is 0.123 e. The number of halogens is 1. The number of benzene rings is 2. The monoisotopic (exact) mass is 274 g/mol. The van der Waals surface area contributed by atoms with E-state index in [2.05, 4.69) is 5.32 Å². The van der Waals surface area contributed by atoms with Gasteiger partial charge in [0.1, 0.15) is 10.8 Å². The van der Waals surface area contributed by atoms with Gasteiger partial charge in [0.05, 0.1) is 0 Å². The van der Waals surface area contributed by atoms with Crippen LogP contribution in [-0.4, -0.2) is 4.99 Å². The van der Waals surface area contributed by atoms with Gasteiger partial charge < -0.3 is 11.1 Å². The highest BCUT2D eigenvalue weighted by molar-refractivity contribution is 7.80. The second kappa shape index (κ2) is 5.80. The molecule has 0 heterocycles. The van der Waals surface area contributed by atoms with Crippen LogP contribution in [0.2, 0.25) is 0 Å². The molecule has 0 spiro atoms. The SMILES string of the molecule is CC(Nc1ccccc1C(N)=S)c1ccc(F)cc1. The Morgan fingerprint density at radius 1 is 1.16 bits per heavy atom. The molecule has 19 heavy (non-hydrogen) atoms. The predicted octanol–water partition coefficient (Wildman–Crippen LogP) is 3.63. The van der Waals surface area contributed by atoms with Gasteiger partial charge in [-0.05, 0) is 36.8 Å². The van der Waals surface area contributed by atoms with E-state index in [0.29, 0.717) is 4.99 Å². The molecule has 0 saturated heterocycles. The standard InChI is InChI=1S/C15H15FN2S/c1-10(11-6-8-12(16)9-7-11)18-14-5-3-2-4-13(14)15(17)19/h2-10,18H,1H3,(H2,17,19). The van der Waals surface area contributed by atoms with E-state index in [9.17, 15) is 4.39 Å². The fraction of sp³-hybridized carbons (Fsp3) is 0.133. The Balaban J connectivity index is 2.21. The molecule has 0 aliphatic rings. The Morgan fingerprint density at radius 3 is 2.42 bits per heavy atom. The molecule has 0 radical (unpaired) electrons. The van der Waals surface area contributed by atoms with Crippen molar-refractivity contribution in [2.45, 2.75) is 13.0 Å². The number of hydrogen-bond donors (Lipinski definition) is 2. The van der Waals surface area contributed by atoms with Crippen molar-refractivity contribution < 1.29 is 4.39 Å². The van der Waals surface area contributed by atoms with Crippen LogP contribution in [0.15, 0.2) is 48.5 Å². The van der Waals surface area contributed by atoms with Crippen LogP contribution in [0.25, 0.3) is 0 Å². The summed E-state index contributed by atoms with van der Waals surface area (Å²) in [6, 6.07) is 14.1. The van der Waals surface area contributed by atoms with Gasteiger partial charge in [-0.1, -0.05) is 36.5 Å².